The van der Waals surface area contributed by atoms with Gasteiger partial charge in [-0.25, -0.2) is 0 Å². The zero-order valence-electron chi connectivity index (χ0n) is 7.56. The van der Waals surface area contributed by atoms with Crippen LogP contribution in [0.4, 0.5) is 0 Å². The number of alkyl halides is 1. The van der Waals surface area contributed by atoms with Crippen LogP contribution in [0.1, 0.15) is 0 Å². The molecule has 5 N–H and O–H groups in total. The molecule has 6 nitrogen and oxygen atoms in total. The SMILES string of the molecule is O=C(O)CCl.OCC(CO)(CO)CO. The van der Waals surface area contributed by atoms with Gasteiger partial charge in [0.2, 0.25) is 0 Å². The van der Waals surface area contributed by atoms with E-state index in [0.29, 0.717) is 0 Å². The van der Waals surface area contributed by atoms with Crippen LogP contribution in [-0.4, -0.2) is 63.8 Å². The molecule has 0 bridgehead atoms. The van der Waals surface area contributed by atoms with Gasteiger partial charge in [0.15, 0.2) is 0 Å². The van der Waals surface area contributed by atoms with E-state index in [1.54, 1.807) is 0 Å². The summed E-state index contributed by atoms with van der Waals surface area (Å²) in [6.07, 6.45) is 0. The van der Waals surface area contributed by atoms with Gasteiger partial charge in [-0.05, 0) is 0 Å². The highest BCUT2D eigenvalue weighted by Crippen LogP contribution is 2.11. The van der Waals surface area contributed by atoms with E-state index in [0.717, 1.165) is 0 Å². The highest BCUT2D eigenvalue weighted by atomic mass is 35.5. The van der Waals surface area contributed by atoms with Crippen molar-refractivity contribution < 1.29 is 30.3 Å². The summed E-state index contributed by atoms with van der Waals surface area (Å²) in [6.45, 7) is -1.62. The van der Waals surface area contributed by atoms with E-state index in [2.05, 4.69) is 0 Å². The predicted molar refractivity (Wildman–Crippen MR) is 49.1 cm³/mol. The van der Waals surface area contributed by atoms with Crippen LogP contribution >= 0.6 is 11.6 Å². The monoisotopic (exact) mass is 230 g/mol. The maximum absolute atomic E-state index is 9.24. The fourth-order valence-corrected chi connectivity index (χ4v) is 0.300. The second-order valence-corrected chi connectivity index (χ2v) is 2.93. The van der Waals surface area contributed by atoms with Crippen LogP contribution in [-0.2, 0) is 4.79 Å². The van der Waals surface area contributed by atoms with Crippen molar-refractivity contribution in [1.29, 1.82) is 0 Å². The molecule has 0 saturated heterocycles. The minimum atomic E-state index is -1.11. The molecule has 0 aromatic carbocycles. The summed E-state index contributed by atoms with van der Waals surface area (Å²) in [5, 5.41) is 41.6. The summed E-state index contributed by atoms with van der Waals surface area (Å²) < 4.78 is 0. The molecule has 0 heterocycles. The number of aliphatic hydroxyl groups excluding tert-OH is 4. The first-order chi connectivity index (χ1) is 6.51. The Hall–Kier alpha value is -0.400. The minimum absolute atomic E-state index is 0.306. The maximum Gasteiger partial charge on any atom is 0.318 e. The third kappa shape index (κ3) is 7.05. The van der Waals surface area contributed by atoms with Crippen LogP contribution in [0.3, 0.4) is 0 Å². The molecule has 0 amide bonds. The maximum atomic E-state index is 9.24. The molecule has 0 saturated carbocycles. The van der Waals surface area contributed by atoms with Gasteiger partial charge in [-0.3, -0.25) is 4.79 Å². The highest BCUT2D eigenvalue weighted by molar-refractivity contribution is 6.26. The molecule has 0 aliphatic heterocycles. The number of hydrogen-bond donors (Lipinski definition) is 5. The van der Waals surface area contributed by atoms with Gasteiger partial charge in [0, 0.05) is 0 Å². The lowest BCUT2D eigenvalue weighted by Gasteiger charge is -2.23. The Kier molecular flexibility index (Phi) is 10.5. The summed E-state index contributed by atoms with van der Waals surface area (Å²) in [6, 6.07) is 0. The number of carboxylic acid groups (broad SMARTS) is 1. The normalized spacial score (nSPS) is 10.4. The van der Waals surface area contributed by atoms with Crippen molar-refractivity contribution in [3.63, 3.8) is 0 Å². The second-order valence-electron chi connectivity index (χ2n) is 2.66. The number of hydrogen-bond acceptors (Lipinski definition) is 5. The first kappa shape index (κ1) is 16.0. The minimum Gasteiger partial charge on any atom is -0.480 e. The third-order valence-electron chi connectivity index (χ3n) is 1.46. The molecule has 0 radical (unpaired) electrons. The van der Waals surface area contributed by atoms with Crippen LogP contribution in [0.5, 0.6) is 0 Å². The molecule has 0 aliphatic rings. The Balaban J connectivity index is 0. The zero-order chi connectivity index (χ0) is 11.6. The molecular formula is C7H15ClO6. The van der Waals surface area contributed by atoms with Crippen molar-refractivity contribution in [1.82, 2.24) is 0 Å². The van der Waals surface area contributed by atoms with E-state index in [-0.39, 0.29) is 5.88 Å². The van der Waals surface area contributed by atoms with Gasteiger partial charge in [-0.1, -0.05) is 0 Å². The van der Waals surface area contributed by atoms with Gasteiger partial charge < -0.3 is 25.5 Å². The number of halogens is 1. The number of aliphatic carboxylic acids is 1. The summed E-state index contributed by atoms with van der Waals surface area (Å²) in [5.41, 5.74) is -1.11. The van der Waals surface area contributed by atoms with Crippen LogP contribution in [0.25, 0.3) is 0 Å². The van der Waals surface area contributed by atoms with Crippen LogP contribution < -0.4 is 0 Å². The fourth-order valence-electron chi connectivity index (χ4n) is 0.300. The third-order valence-corrected chi connectivity index (χ3v) is 1.68. The van der Waals surface area contributed by atoms with Gasteiger partial charge in [-0.2, -0.15) is 0 Å². The summed E-state index contributed by atoms with van der Waals surface area (Å²) in [7, 11) is 0. The second kappa shape index (κ2) is 9.17. The average Bonchev–Trinajstić information content (AvgIpc) is 2.23. The lowest BCUT2D eigenvalue weighted by Crippen LogP contribution is -2.37. The van der Waals surface area contributed by atoms with Crippen LogP contribution in [0.15, 0.2) is 0 Å². The first-order valence-electron chi connectivity index (χ1n) is 3.73. The molecule has 0 rings (SSSR count). The fraction of sp³-hybridized carbons (Fsp3) is 0.857. The Labute approximate surface area is 86.4 Å². The number of carbonyl (C=O) groups is 1. The molecule has 0 aromatic heterocycles. The predicted octanol–water partition coefficient (Wildman–Crippen LogP) is -1.75. The largest absolute Gasteiger partial charge is 0.480 e. The Morgan fingerprint density at radius 2 is 1.21 bits per heavy atom. The number of carboxylic acids is 1. The van der Waals surface area contributed by atoms with E-state index >= 15 is 0 Å². The Morgan fingerprint density at radius 1 is 1.00 bits per heavy atom. The van der Waals surface area contributed by atoms with Crippen LogP contribution in [0, 0.1) is 5.41 Å². The summed E-state index contributed by atoms with van der Waals surface area (Å²) >= 11 is 4.74. The van der Waals surface area contributed by atoms with Gasteiger partial charge >= 0.3 is 5.97 Å². The molecule has 0 spiro atoms. The van der Waals surface area contributed by atoms with E-state index in [9.17, 15) is 4.79 Å². The molecule has 14 heavy (non-hydrogen) atoms. The number of rotatable bonds is 5. The smallest absolute Gasteiger partial charge is 0.318 e. The van der Waals surface area contributed by atoms with E-state index in [1.807, 2.05) is 0 Å². The molecule has 0 aromatic rings. The van der Waals surface area contributed by atoms with Gasteiger partial charge in [0.05, 0.1) is 31.8 Å². The summed E-state index contributed by atoms with van der Waals surface area (Å²) in [4.78, 5) is 9.24. The standard InChI is InChI=1S/C5H12O4.C2H3ClO2/c6-1-5(2-7,3-8)4-9;3-1-2(4)5/h6-9H,1-4H2;1H2,(H,4,5). The van der Waals surface area contributed by atoms with Crippen LogP contribution in [0.2, 0.25) is 0 Å². The molecule has 0 atom stereocenters. The molecule has 7 heteroatoms. The van der Waals surface area contributed by atoms with Gasteiger partial charge in [0.1, 0.15) is 5.88 Å². The Morgan fingerprint density at radius 3 is 1.21 bits per heavy atom. The molecule has 0 fully saturated rings. The quantitative estimate of drug-likeness (QED) is 0.358. The first-order valence-corrected chi connectivity index (χ1v) is 4.26. The topological polar surface area (TPSA) is 118 Å². The van der Waals surface area contributed by atoms with Crippen molar-refractivity contribution in [2.75, 3.05) is 32.3 Å². The Bertz CT molecular complexity index is 130. The van der Waals surface area contributed by atoms with Gasteiger partial charge in [0.25, 0.3) is 0 Å². The van der Waals surface area contributed by atoms with Crippen molar-refractivity contribution in [2.45, 2.75) is 0 Å². The molecule has 0 unspecified atom stereocenters. The van der Waals surface area contributed by atoms with Crippen molar-refractivity contribution in [2.24, 2.45) is 5.41 Å². The van der Waals surface area contributed by atoms with Gasteiger partial charge in [-0.15, -0.1) is 11.6 Å². The van der Waals surface area contributed by atoms with E-state index in [4.69, 9.17) is 37.1 Å². The van der Waals surface area contributed by atoms with Crippen molar-refractivity contribution >= 4 is 17.6 Å². The molecular weight excluding hydrogens is 216 g/mol. The summed E-state index contributed by atoms with van der Waals surface area (Å²) in [5.74, 6) is -1.29. The lowest BCUT2D eigenvalue weighted by molar-refractivity contribution is -0.134. The molecule has 0 aliphatic carbocycles. The van der Waals surface area contributed by atoms with Crippen molar-refractivity contribution in [3.05, 3.63) is 0 Å². The lowest BCUT2D eigenvalue weighted by atomic mass is 9.93. The van der Waals surface area contributed by atoms with Crippen molar-refractivity contribution in [3.8, 4) is 0 Å². The zero-order valence-corrected chi connectivity index (χ0v) is 8.31. The van der Waals surface area contributed by atoms with E-state index < -0.39 is 37.8 Å². The molecule has 86 valence electrons. The van der Waals surface area contributed by atoms with E-state index in [1.165, 1.54) is 0 Å². The highest BCUT2D eigenvalue weighted by Gasteiger charge is 2.26. The average molecular weight is 231 g/mol. The number of aliphatic hydroxyl groups is 4.